The first kappa shape index (κ1) is 9.43. The molecular weight excluding hydrogens is 272 g/mol. The summed E-state index contributed by atoms with van der Waals surface area (Å²) in [6.45, 7) is 0. The van der Waals surface area contributed by atoms with Gasteiger partial charge in [-0.25, -0.2) is 0 Å². The SMILES string of the molecule is Brc1cc2c3c(cccc3c1)-c1ccccc1-2. The zero-order chi connectivity index (χ0) is 11.4. The minimum atomic E-state index is 1.15. The van der Waals surface area contributed by atoms with Gasteiger partial charge in [-0.2, -0.15) is 0 Å². The zero-order valence-corrected chi connectivity index (χ0v) is 10.7. The molecule has 0 aliphatic heterocycles. The van der Waals surface area contributed by atoms with Crippen LogP contribution in [0.1, 0.15) is 0 Å². The minimum absolute atomic E-state index is 1.15. The van der Waals surface area contributed by atoms with Crippen molar-refractivity contribution in [1.29, 1.82) is 0 Å². The number of hydrogen-bond acceptors (Lipinski definition) is 0. The molecule has 1 aliphatic rings. The first-order chi connectivity index (χ1) is 8.34. The molecule has 4 rings (SSSR count). The second-order valence-corrected chi connectivity index (χ2v) is 5.32. The molecule has 1 heteroatoms. The monoisotopic (exact) mass is 280 g/mol. The highest BCUT2D eigenvalue weighted by Crippen LogP contribution is 2.47. The Balaban J connectivity index is 2.30. The summed E-state index contributed by atoms with van der Waals surface area (Å²) in [5.74, 6) is 0. The van der Waals surface area contributed by atoms with Gasteiger partial charge in [0, 0.05) is 4.47 Å². The van der Waals surface area contributed by atoms with Gasteiger partial charge in [-0.1, -0.05) is 58.4 Å². The van der Waals surface area contributed by atoms with E-state index in [0.29, 0.717) is 0 Å². The van der Waals surface area contributed by atoms with Crippen LogP contribution in [0.25, 0.3) is 33.0 Å². The fourth-order valence-corrected chi connectivity index (χ4v) is 3.26. The molecule has 0 fully saturated rings. The van der Waals surface area contributed by atoms with Crippen LogP contribution >= 0.6 is 15.9 Å². The van der Waals surface area contributed by atoms with Crippen LogP contribution in [-0.2, 0) is 0 Å². The quantitative estimate of drug-likeness (QED) is 0.413. The lowest BCUT2D eigenvalue weighted by Crippen LogP contribution is -1.76. The second kappa shape index (κ2) is 3.21. The van der Waals surface area contributed by atoms with Crippen LogP contribution in [0.5, 0.6) is 0 Å². The van der Waals surface area contributed by atoms with E-state index in [0.717, 1.165) is 4.47 Å². The summed E-state index contributed by atoms with van der Waals surface area (Å²) in [4.78, 5) is 0. The summed E-state index contributed by atoms with van der Waals surface area (Å²) in [6.07, 6.45) is 0. The molecule has 0 atom stereocenters. The van der Waals surface area contributed by atoms with Crippen molar-refractivity contribution in [1.82, 2.24) is 0 Å². The summed E-state index contributed by atoms with van der Waals surface area (Å²) < 4.78 is 1.15. The molecule has 80 valence electrons. The van der Waals surface area contributed by atoms with Gasteiger partial charge >= 0.3 is 0 Å². The number of benzene rings is 3. The highest BCUT2D eigenvalue weighted by atomic mass is 79.9. The van der Waals surface area contributed by atoms with Crippen molar-refractivity contribution >= 4 is 26.7 Å². The van der Waals surface area contributed by atoms with Gasteiger partial charge in [-0.3, -0.25) is 0 Å². The Kier molecular flexibility index (Phi) is 1.78. The molecule has 0 spiro atoms. The predicted molar refractivity (Wildman–Crippen MR) is 76.1 cm³/mol. The molecule has 0 radical (unpaired) electrons. The van der Waals surface area contributed by atoms with Gasteiger partial charge in [0.05, 0.1) is 0 Å². The lowest BCUT2D eigenvalue weighted by Gasteiger charge is -2.02. The molecule has 0 bridgehead atoms. The Morgan fingerprint density at radius 2 is 1.35 bits per heavy atom. The Morgan fingerprint density at radius 1 is 0.647 bits per heavy atom. The molecule has 0 heterocycles. The van der Waals surface area contributed by atoms with E-state index in [4.69, 9.17) is 0 Å². The highest BCUT2D eigenvalue weighted by molar-refractivity contribution is 9.10. The number of fused-ring (bicyclic) bond motifs is 3. The first-order valence-corrected chi connectivity index (χ1v) is 6.46. The largest absolute Gasteiger partial charge is 0.0616 e. The van der Waals surface area contributed by atoms with Crippen LogP contribution < -0.4 is 0 Å². The smallest absolute Gasteiger partial charge is 0.0187 e. The van der Waals surface area contributed by atoms with Crippen LogP contribution in [0, 0.1) is 0 Å². The molecule has 3 aromatic carbocycles. The zero-order valence-electron chi connectivity index (χ0n) is 9.07. The van der Waals surface area contributed by atoms with Gasteiger partial charge in [0.2, 0.25) is 0 Å². The third-order valence-electron chi connectivity index (χ3n) is 3.45. The van der Waals surface area contributed by atoms with Crippen molar-refractivity contribution < 1.29 is 0 Å². The molecule has 0 saturated heterocycles. The van der Waals surface area contributed by atoms with Gasteiger partial charge in [-0.05, 0) is 45.2 Å². The molecule has 0 amide bonds. The van der Waals surface area contributed by atoms with Crippen molar-refractivity contribution in [3.63, 3.8) is 0 Å². The Morgan fingerprint density at radius 3 is 2.18 bits per heavy atom. The van der Waals surface area contributed by atoms with E-state index in [1.54, 1.807) is 0 Å². The van der Waals surface area contributed by atoms with E-state index in [9.17, 15) is 0 Å². The van der Waals surface area contributed by atoms with Crippen molar-refractivity contribution in [2.24, 2.45) is 0 Å². The molecule has 0 unspecified atom stereocenters. The number of hydrogen-bond donors (Lipinski definition) is 0. The van der Waals surface area contributed by atoms with Crippen LogP contribution in [0.15, 0.2) is 59.1 Å². The molecule has 17 heavy (non-hydrogen) atoms. The Hall–Kier alpha value is -1.60. The average Bonchev–Trinajstić information content (AvgIpc) is 2.67. The van der Waals surface area contributed by atoms with E-state index in [1.807, 2.05) is 0 Å². The third kappa shape index (κ3) is 1.18. The molecule has 0 nitrogen and oxygen atoms in total. The van der Waals surface area contributed by atoms with E-state index in [-0.39, 0.29) is 0 Å². The lowest BCUT2D eigenvalue weighted by atomic mass is 10.0. The molecule has 0 aromatic heterocycles. The summed E-state index contributed by atoms with van der Waals surface area (Å²) in [6, 6.07) is 19.6. The Labute approximate surface area is 108 Å². The van der Waals surface area contributed by atoms with E-state index in [2.05, 4.69) is 70.5 Å². The fraction of sp³-hybridized carbons (Fsp3) is 0. The van der Waals surface area contributed by atoms with Gasteiger partial charge in [-0.15, -0.1) is 0 Å². The van der Waals surface area contributed by atoms with Gasteiger partial charge < -0.3 is 0 Å². The summed E-state index contributed by atoms with van der Waals surface area (Å²) >= 11 is 3.60. The fourth-order valence-electron chi connectivity index (χ4n) is 2.78. The van der Waals surface area contributed by atoms with Crippen LogP contribution in [-0.4, -0.2) is 0 Å². The standard InChI is InChI=1S/C16H9Br/c17-11-8-10-4-3-7-14-12-5-1-2-6-13(12)15(9-11)16(10)14/h1-9H. The van der Waals surface area contributed by atoms with E-state index < -0.39 is 0 Å². The normalized spacial score (nSPS) is 11.8. The average molecular weight is 281 g/mol. The molecule has 3 aromatic rings. The van der Waals surface area contributed by atoms with Crippen molar-refractivity contribution in [3.05, 3.63) is 59.1 Å². The Bertz CT molecular complexity index is 757. The minimum Gasteiger partial charge on any atom is -0.0616 e. The van der Waals surface area contributed by atoms with Gasteiger partial charge in [0.25, 0.3) is 0 Å². The lowest BCUT2D eigenvalue weighted by molar-refractivity contribution is 1.69. The topological polar surface area (TPSA) is 0 Å². The van der Waals surface area contributed by atoms with Crippen molar-refractivity contribution in [2.75, 3.05) is 0 Å². The maximum absolute atomic E-state index is 3.60. The number of rotatable bonds is 0. The second-order valence-electron chi connectivity index (χ2n) is 4.40. The maximum atomic E-state index is 3.60. The molecule has 1 aliphatic carbocycles. The number of halogens is 1. The van der Waals surface area contributed by atoms with Crippen LogP contribution in [0.2, 0.25) is 0 Å². The van der Waals surface area contributed by atoms with Crippen molar-refractivity contribution in [2.45, 2.75) is 0 Å². The summed E-state index contributed by atoms with van der Waals surface area (Å²) in [5, 5.41) is 2.69. The first-order valence-electron chi connectivity index (χ1n) is 5.67. The van der Waals surface area contributed by atoms with Crippen LogP contribution in [0.4, 0.5) is 0 Å². The summed E-state index contributed by atoms with van der Waals surface area (Å²) in [5.41, 5.74) is 5.41. The molecule has 0 saturated carbocycles. The van der Waals surface area contributed by atoms with E-state index in [1.165, 1.54) is 33.0 Å². The maximum Gasteiger partial charge on any atom is 0.0187 e. The van der Waals surface area contributed by atoms with Crippen LogP contribution in [0.3, 0.4) is 0 Å². The highest BCUT2D eigenvalue weighted by Gasteiger charge is 2.20. The molecule has 0 N–H and O–H groups in total. The summed E-state index contributed by atoms with van der Waals surface area (Å²) in [7, 11) is 0. The van der Waals surface area contributed by atoms with Gasteiger partial charge in [0.15, 0.2) is 0 Å². The van der Waals surface area contributed by atoms with Gasteiger partial charge in [0.1, 0.15) is 0 Å². The third-order valence-corrected chi connectivity index (χ3v) is 3.91. The predicted octanol–water partition coefficient (Wildman–Crippen LogP) is 5.25. The molecular formula is C16H9Br. The van der Waals surface area contributed by atoms with E-state index >= 15 is 0 Å². The van der Waals surface area contributed by atoms with Crippen molar-refractivity contribution in [3.8, 4) is 22.3 Å².